The maximum absolute atomic E-state index is 11.8. The predicted molar refractivity (Wildman–Crippen MR) is 89.7 cm³/mol. The fourth-order valence-electron chi connectivity index (χ4n) is 2.35. The quantitative estimate of drug-likeness (QED) is 0.369. The van der Waals surface area contributed by atoms with Crippen LogP contribution in [0.5, 0.6) is 5.75 Å². The first-order chi connectivity index (χ1) is 10.8. The Morgan fingerprint density at radius 1 is 0.909 bits per heavy atom. The first-order valence-electron chi connectivity index (χ1n) is 8.07. The summed E-state index contributed by atoms with van der Waals surface area (Å²) in [5, 5.41) is 0. The minimum Gasteiger partial charge on any atom is -0.427 e. The van der Waals surface area contributed by atoms with E-state index in [9.17, 15) is 4.79 Å². The lowest BCUT2D eigenvalue weighted by Crippen LogP contribution is -2.07. The molecule has 0 saturated carbocycles. The van der Waals surface area contributed by atoms with Gasteiger partial charge in [-0.15, -0.1) is 0 Å². The molecule has 0 unspecified atom stereocenters. The number of esters is 1. The highest BCUT2D eigenvalue weighted by molar-refractivity contribution is 5.73. The van der Waals surface area contributed by atoms with Gasteiger partial charge in [0.2, 0.25) is 0 Å². The Labute approximate surface area is 133 Å². The van der Waals surface area contributed by atoms with Crippen molar-refractivity contribution in [2.45, 2.75) is 45.4 Å². The van der Waals surface area contributed by atoms with E-state index in [-0.39, 0.29) is 5.97 Å². The molecule has 0 aliphatic carbocycles. The first-order valence-corrected chi connectivity index (χ1v) is 8.07. The average molecular weight is 295 g/mol. The van der Waals surface area contributed by atoms with Crippen LogP contribution in [0.15, 0.2) is 48.5 Å². The number of ether oxygens (including phenoxy) is 1. The molecule has 2 aromatic carbocycles. The fraction of sp³-hybridized carbons (Fsp3) is 0.350. The zero-order valence-electron chi connectivity index (χ0n) is 13.2. The van der Waals surface area contributed by atoms with Crippen LogP contribution < -0.4 is 4.74 Å². The summed E-state index contributed by atoms with van der Waals surface area (Å²) in [7, 11) is 0. The van der Waals surface area contributed by atoms with Crippen molar-refractivity contribution in [2.75, 3.05) is 0 Å². The number of carbonyl (C=O) groups excluding carboxylic acids is 1. The molecule has 0 heterocycles. The van der Waals surface area contributed by atoms with E-state index in [1.807, 2.05) is 48.5 Å². The van der Waals surface area contributed by atoms with Gasteiger partial charge >= 0.3 is 5.97 Å². The summed E-state index contributed by atoms with van der Waals surface area (Å²) in [5.41, 5.74) is 2.24. The Morgan fingerprint density at radius 2 is 1.55 bits per heavy atom. The van der Waals surface area contributed by atoms with Crippen molar-refractivity contribution in [3.63, 3.8) is 0 Å². The Hall–Kier alpha value is -2.09. The van der Waals surface area contributed by atoms with Crippen LogP contribution in [0.2, 0.25) is 0 Å². The summed E-state index contributed by atoms with van der Waals surface area (Å²) in [5.74, 6) is 0.475. The monoisotopic (exact) mass is 295 g/mol. The van der Waals surface area contributed by atoms with Crippen LogP contribution in [-0.2, 0) is 4.79 Å². The molecule has 22 heavy (non-hydrogen) atoms. The minimum atomic E-state index is -0.140. The van der Waals surface area contributed by atoms with E-state index in [0.717, 1.165) is 24.0 Å². The number of unbranched alkanes of at least 4 members (excludes halogenated alkanes) is 4. The smallest absolute Gasteiger partial charge is 0.311 e. The molecule has 0 bridgehead atoms. The van der Waals surface area contributed by atoms with Gasteiger partial charge in [0, 0.05) is 6.42 Å². The Balaban J connectivity index is 1.80. The van der Waals surface area contributed by atoms with Gasteiger partial charge in [-0.3, -0.25) is 4.79 Å². The van der Waals surface area contributed by atoms with Crippen molar-refractivity contribution in [2.24, 2.45) is 0 Å². The third-order valence-electron chi connectivity index (χ3n) is 3.62. The van der Waals surface area contributed by atoms with Gasteiger partial charge in [0.05, 0.1) is 0 Å². The van der Waals surface area contributed by atoms with Gasteiger partial charge < -0.3 is 4.74 Å². The standard InChI is InChI=1S/C20H23O2/c1-2-3-4-5-9-12-20(21)22-19-15-13-18(14-16-19)17-10-7-6-8-11-17/h7-8,10-11,13-16H,2-5,9,12H2,1H3. The molecule has 0 atom stereocenters. The molecule has 2 rings (SSSR count). The molecule has 0 fully saturated rings. The topological polar surface area (TPSA) is 26.3 Å². The lowest BCUT2D eigenvalue weighted by Gasteiger charge is -2.06. The zero-order chi connectivity index (χ0) is 15.6. The molecule has 115 valence electrons. The Morgan fingerprint density at radius 3 is 2.23 bits per heavy atom. The highest BCUT2D eigenvalue weighted by Gasteiger charge is 2.05. The Kier molecular flexibility index (Phi) is 6.69. The molecular weight excluding hydrogens is 272 g/mol. The molecule has 1 radical (unpaired) electrons. The van der Waals surface area contributed by atoms with Crippen LogP contribution in [-0.4, -0.2) is 5.97 Å². The lowest BCUT2D eigenvalue weighted by atomic mass is 10.1. The van der Waals surface area contributed by atoms with E-state index < -0.39 is 0 Å². The summed E-state index contributed by atoms with van der Waals surface area (Å²) in [6.07, 6.45) is 6.18. The zero-order valence-corrected chi connectivity index (χ0v) is 13.2. The number of benzene rings is 2. The van der Waals surface area contributed by atoms with Gasteiger partial charge in [-0.2, -0.15) is 0 Å². The van der Waals surface area contributed by atoms with E-state index in [1.165, 1.54) is 19.3 Å². The average Bonchev–Trinajstić information content (AvgIpc) is 2.56. The van der Waals surface area contributed by atoms with Crippen molar-refractivity contribution in [1.82, 2.24) is 0 Å². The van der Waals surface area contributed by atoms with E-state index in [2.05, 4.69) is 13.0 Å². The van der Waals surface area contributed by atoms with Gasteiger partial charge in [0.1, 0.15) is 5.75 Å². The van der Waals surface area contributed by atoms with E-state index in [0.29, 0.717) is 12.2 Å². The molecular formula is C20H23O2. The van der Waals surface area contributed by atoms with Crippen molar-refractivity contribution >= 4 is 5.97 Å². The van der Waals surface area contributed by atoms with Crippen molar-refractivity contribution in [3.05, 3.63) is 54.6 Å². The molecule has 0 spiro atoms. The van der Waals surface area contributed by atoms with Crippen LogP contribution in [0.3, 0.4) is 0 Å². The van der Waals surface area contributed by atoms with Crippen LogP contribution in [0, 0.1) is 6.07 Å². The number of hydrogen-bond acceptors (Lipinski definition) is 2. The summed E-state index contributed by atoms with van der Waals surface area (Å²) < 4.78 is 5.37. The third kappa shape index (κ3) is 5.36. The summed E-state index contributed by atoms with van der Waals surface area (Å²) in [6, 6.07) is 18.4. The van der Waals surface area contributed by atoms with Crippen LogP contribution >= 0.6 is 0 Å². The van der Waals surface area contributed by atoms with E-state index >= 15 is 0 Å². The van der Waals surface area contributed by atoms with Gasteiger partial charge in [-0.25, -0.2) is 0 Å². The summed E-state index contributed by atoms with van der Waals surface area (Å²) in [4.78, 5) is 11.8. The maximum Gasteiger partial charge on any atom is 0.311 e. The second-order valence-corrected chi connectivity index (χ2v) is 5.45. The first kappa shape index (κ1) is 16.3. The highest BCUT2D eigenvalue weighted by Crippen LogP contribution is 2.22. The molecule has 0 aliphatic rings. The van der Waals surface area contributed by atoms with E-state index in [4.69, 9.17) is 4.74 Å². The molecule has 2 heteroatoms. The molecule has 0 saturated heterocycles. The molecule has 0 aliphatic heterocycles. The fourth-order valence-corrected chi connectivity index (χ4v) is 2.35. The minimum absolute atomic E-state index is 0.140. The number of hydrogen-bond donors (Lipinski definition) is 0. The lowest BCUT2D eigenvalue weighted by molar-refractivity contribution is -0.134. The number of carbonyl (C=O) groups is 1. The van der Waals surface area contributed by atoms with Gasteiger partial charge in [0.25, 0.3) is 0 Å². The Bertz CT molecular complexity index is 558. The largest absolute Gasteiger partial charge is 0.427 e. The predicted octanol–water partition coefficient (Wildman–Crippen LogP) is 5.42. The molecule has 0 amide bonds. The van der Waals surface area contributed by atoms with Gasteiger partial charge in [-0.05, 0) is 35.7 Å². The van der Waals surface area contributed by atoms with Gasteiger partial charge in [-0.1, -0.05) is 69.0 Å². The molecule has 2 aromatic rings. The maximum atomic E-state index is 11.8. The van der Waals surface area contributed by atoms with Gasteiger partial charge in [0.15, 0.2) is 0 Å². The second kappa shape index (κ2) is 9.04. The SMILES string of the molecule is CCCCCCCC(=O)Oc1ccc(-c2cc[c]cc2)cc1. The van der Waals surface area contributed by atoms with Crippen molar-refractivity contribution < 1.29 is 9.53 Å². The van der Waals surface area contributed by atoms with E-state index in [1.54, 1.807) is 0 Å². The summed E-state index contributed by atoms with van der Waals surface area (Å²) in [6.45, 7) is 2.19. The molecule has 0 N–H and O–H groups in total. The summed E-state index contributed by atoms with van der Waals surface area (Å²) >= 11 is 0. The number of rotatable bonds is 8. The normalized spacial score (nSPS) is 10.4. The third-order valence-corrected chi connectivity index (χ3v) is 3.62. The van der Waals surface area contributed by atoms with Crippen molar-refractivity contribution in [1.29, 1.82) is 0 Å². The van der Waals surface area contributed by atoms with Crippen LogP contribution in [0.25, 0.3) is 11.1 Å². The van der Waals surface area contributed by atoms with Crippen LogP contribution in [0.1, 0.15) is 45.4 Å². The second-order valence-electron chi connectivity index (χ2n) is 5.45. The highest BCUT2D eigenvalue weighted by atomic mass is 16.5. The molecule has 2 nitrogen and oxygen atoms in total. The van der Waals surface area contributed by atoms with Crippen molar-refractivity contribution in [3.8, 4) is 16.9 Å². The molecule has 0 aromatic heterocycles. The van der Waals surface area contributed by atoms with Crippen LogP contribution in [0.4, 0.5) is 0 Å².